The fourth-order valence-corrected chi connectivity index (χ4v) is 0.938. The van der Waals surface area contributed by atoms with Gasteiger partial charge in [-0.3, -0.25) is 0 Å². The molecule has 3 nitrogen and oxygen atoms in total. The number of halogens is 2. The van der Waals surface area contributed by atoms with Crippen LogP contribution in [0.15, 0.2) is 12.3 Å². The third-order valence-corrected chi connectivity index (χ3v) is 1.94. The van der Waals surface area contributed by atoms with Gasteiger partial charge in [-0.2, -0.15) is 5.26 Å². The lowest BCUT2D eigenvalue weighted by molar-refractivity contribution is 0.235. The van der Waals surface area contributed by atoms with Crippen LogP contribution >= 0.6 is 23.2 Å². The van der Waals surface area contributed by atoms with Crippen LogP contribution in [0.3, 0.4) is 0 Å². The second-order valence-corrected chi connectivity index (χ2v) is 2.84. The monoisotopic (exact) mass is 202 g/mol. The molecule has 5 heteroatoms. The summed E-state index contributed by atoms with van der Waals surface area (Å²) in [5, 5.41) is 17.8. The molecule has 1 atom stereocenters. The van der Waals surface area contributed by atoms with E-state index in [9.17, 15) is 0 Å². The van der Waals surface area contributed by atoms with Crippen LogP contribution in [0.5, 0.6) is 0 Å². The summed E-state index contributed by atoms with van der Waals surface area (Å²) in [7, 11) is 0. The predicted octanol–water partition coefficient (Wildman–Crippen LogP) is 1.95. The van der Waals surface area contributed by atoms with Crippen molar-refractivity contribution in [2.75, 3.05) is 0 Å². The van der Waals surface area contributed by atoms with Gasteiger partial charge in [0.1, 0.15) is 5.15 Å². The van der Waals surface area contributed by atoms with Crippen molar-refractivity contribution < 1.29 is 5.11 Å². The molecular formula is C7H4Cl2N2O. The number of nitriles is 1. The molecule has 1 rings (SSSR count). The Morgan fingerprint density at radius 2 is 2.25 bits per heavy atom. The summed E-state index contributed by atoms with van der Waals surface area (Å²) in [5.74, 6) is 0. The van der Waals surface area contributed by atoms with Crippen molar-refractivity contribution in [1.82, 2.24) is 4.98 Å². The first-order chi connectivity index (χ1) is 5.65. The van der Waals surface area contributed by atoms with Crippen molar-refractivity contribution in [1.29, 1.82) is 5.26 Å². The zero-order valence-corrected chi connectivity index (χ0v) is 7.34. The van der Waals surface area contributed by atoms with E-state index in [1.807, 2.05) is 0 Å². The molecule has 1 heterocycles. The molecule has 0 aliphatic carbocycles. The van der Waals surface area contributed by atoms with Crippen LogP contribution in [0.2, 0.25) is 10.2 Å². The highest BCUT2D eigenvalue weighted by Crippen LogP contribution is 2.22. The fourth-order valence-electron chi connectivity index (χ4n) is 0.660. The maximum absolute atomic E-state index is 9.04. The van der Waals surface area contributed by atoms with E-state index in [-0.39, 0.29) is 10.2 Å². The van der Waals surface area contributed by atoms with Crippen molar-refractivity contribution in [2.45, 2.75) is 6.10 Å². The lowest BCUT2D eigenvalue weighted by Gasteiger charge is -2.01. The van der Waals surface area contributed by atoms with Gasteiger partial charge >= 0.3 is 0 Å². The average Bonchev–Trinajstić information content (AvgIpc) is 2.08. The number of hydrogen-bond donors (Lipinski definition) is 1. The molecule has 1 aromatic heterocycles. The molecule has 0 radical (unpaired) electrons. The molecule has 0 amide bonds. The van der Waals surface area contributed by atoms with Crippen molar-refractivity contribution in [3.8, 4) is 6.07 Å². The van der Waals surface area contributed by atoms with Gasteiger partial charge in [0.2, 0.25) is 0 Å². The summed E-state index contributed by atoms with van der Waals surface area (Å²) in [6.07, 6.45) is 0.106. The highest BCUT2D eigenvalue weighted by Gasteiger charge is 2.08. The van der Waals surface area contributed by atoms with Crippen LogP contribution in [0.25, 0.3) is 0 Å². The molecule has 0 aliphatic rings. The molecular weight excluding hydrogens is 199 g/mol. The molecule has 12 heavy (non-hydrogen) atoms. The topological polar surface area (TPSA) is 56.9 Å². The van der Waals surface area contributed by atoms with Crippen molar-refractivity contribution in [3.05, 3.63) is 28.0 Å². The number of nitrogens with zero attached hydrogens (tertiary/aromatic N) is 2. The maximum atomic E-state index is 9.04. The summed E-state index contributed by atoms with van der Waals surface area (Å²) in [6.45, 7) is 0. The summed E-state index contributed by atoms with van der Waals surface area (Å²) < 4.78 is 0. The second-order valence-electron chi connectivity index (χ2n) is 2.07. The molecule has 0 aliphatic heterocycles. The van der Waals surface area contributed by atoms with Gasteiger partial charge in [0.15, 0.2) is 6.10 Å². The normalized spacial score (nSPS) is 12.2. The van der Waals surface area contributed by atoms with E-state index in [0.717, 1.165) is 0 Å². The SMILES string of the molecule is N#CC(O)c1cnc(Cl)c(Cl)c1. The Bertz CT molecular complexity index is 335. The molecule has 1 unspecified atom stereocenters. The zero-order valence-electron chi connectivity index (χ0n) is 5.83. The predicted molar refractivity (Wildman–Crippen MR) is 44.8 cm³/mol. The smallest absolute Gasteiger partial charge is 0.167 e. The Labute approximate surface area is 79.2 Å². The average molecular weight is 203 g/mol. The van der Waals surface area contributed by atoms with Gasteiger partial charge in [-0.1, -0.05) is 23.2 Å². The molecule has 1 N–H and O–H groups in total. The van der Waals surface area contributed by atoms with Gasteiger partial charge in [-0.15, -0.1) is 0 Å². The number of rotatable bonds is 1. The molecule has 0 saturated heterocycles. The van der Waals surface area contributed by atoms with Gasteiger partial charge < -0.3 is 5.11 Å². The van der Waals surface area contributed by atoms with Gasteiger partial charge in [0.25, 0.3) is 0 Å². The quantitative estimate of drug-likeness (QED) is 0.560. The Balaban J connectivity index is 3.06. The maximum Gasteiger partial charge on any atom is 0.167 e. The van der Waals surface area contributed by atoms with E-state index in [1.54, 1.807) is 6.07 Å². The zero-order chi connectivity index (χ0) is 9.14. The third-order valence-electron chi connectivity index (χ3n) is 1.26. The first kappa shape index (κ1) is 9.27. The molecule has 1 aromatic rings. The second kappa shape index (κ2) is 3.72. The first-order valence-electron chi connectivity index (χ1n) is 3.03. The molecule has 0 aromatic carbocycles. The van der Waals surface area contributed by atoms with E-state index < -0.39 is 6.10 Å². The molecule has 62 valence electrons. The third kappa shape index (κ3) is 1.86. The van der Waals surface area contributed by atoms with Gasteiger partial charge in [0.05, 0.1) is 11.1 Å². The molecule has 0 spiro atoms. The standard InChI is InChI=1S/C7H4Cl2N2O/c8-5-1-4(6(12)2-10)3-11-7(5)9/h1,3,6,12H. The van der Waals surface area contributed by atoms with Gasteiger partial charge in [-0.05, 0) is 6.07 Å². The Morgan fingerprint density at radius 1 is 1.58 bits per heavy atom. The minimum Gasteiger partial charge on any atom is -0.374 e. The number of aromatic nitrogens is 1. The highest BCUT2D eigenvalue weighted by molar-refractivity contribution is 6.41. The van der Waals surface area contributed by atoms with Crippen LogP contribution < -0.4 is 0 Å². The van der Waals surface area contributed by atoms with E-state index in [4.69, 9.17) is 33.6 Å². The molecule has 0 saturated carbocycles. The van der Waals surface area contributed by atoms with Crippen LogP contribution in [-0.2, 0) is 0 Å². The lowest BCUT2D eigenvalue weighted by Crippen LogP contribution is -1.94. The Hall–Kier alpha value is -0.820. The van der Waals surface area contributed by atoms with Crippen molar-refractivity contribution >= 4 is 23.2 Å². The number of aliphatic hydroxyl groups is 1. The van der Waals surface area contributed by atoms with E-state index >= 15 is 0 Å². The van der Waals surface area contributed by atoms with Crippen LogP contribution in [0.4, 0.5) is 0 Å². The summed E-state index contributed by atoms with van der Waals surface area (Å²) in [5.41, 5.74) is 0.340. The first-order valence-corrected chi connectivity index (χ1v) is 3.79. The highest BCUT2D eigenvalue weighted by atomic mass is 35.5. The van der Waals surface area contributed by atoms with Gasteiger partial charge in [-0.25, -0.2) is 4.98 Å². The van der Waals surface area contributed by atoms with E-state index in [2.05, 4.69) is 4.98 Å². The number of pyridine rings is 1. The van der Waals surface area contributed by atoms with Crippen molar-refractivity contribution in [2.24, 2.45) is 0 Å². The van der Waals surface area contributed by atoms with Gasteiger partial charge in [0, 0.05) is 11.8 Å². The van der Waals surface area contributed by atoms with Crippen LogP contribution in [0.1, 0.15) is 11.7 Å². The molecule has 0 fully saturated rings. The number of hydrogen-bond acceptors (Lipinski definition) is 3. The lowest BCUT2D eigenvalue weighted by atomic mass is 10.2. The fraction of sp³-hybridized carbons (Fsp3) is 0.143. The van der Waals surface area contributed by atoms with Crippen LogP contribution in [0, 0.1) is 11.3 Å². The Kier molecular flexibility index (Phi) is 2.88. The number of aliphatic hydroxyl groups excluding tert-OH is 1. The minimum atomic E-state index is -1.20. The van der Waals surface area contributed by atoms with E-state index in [0.29, 0.717) is 5.56 Å². The minimum absolute atomic E-state index is 0.158. The summed E-state index contributed by atoms with van der Waals surface area (Å²) in [4.78, 5) is 3.67. The molecule has 0 bridgehead atoms. The van der Waals surface area contributed by atoms with Crippen molar-refractivity contribution in [3.63, 3.8) is 0 Å². The summed E-state index contributed by atoms with van der Waals surface area (Å²) in [6, 6.07) is 3.05. The Morgan fingerprint density at radius 3 is 2.75 bits per heavy atom. The van der Waals surface area contributed by atoms with E-state index in [1.165, 1.54) is 12.3 Å². The largest absolute Gasteiger partial charge is 0.374 e. The summed E-state index contributed by atoms with van der Waals surface area (Å²) >= 11 is 11.1. The van der Waals surface area contributed by atoms with Crippen LogP contribution in [-0.4, -0.2) is 10.1 Å².